The third kappa shape index (κ3) is 5.04. The van der Waals surface area contributed by atoms with E-state index >= 15 is 0 Å². The Balaban J connectivity index is 0.00000220. The first-order valence-corrected chi connectivity index (χ1v) is 6.74. The van der Waals surface area contributed by atoms with Crippen molar-refractivity contribution in [3.05, 3.63) is 41.1 Å². The molecule has 1 heterocycles. The summed E-state index contributed by atoms with van der Waals surface area (Å²) in [4.78, 5) is 11.8. The number of benzene rings is 1. The molecule has 1 aromatic heterocycles. The summed E-state index contributed by atoms with van der Waals surface area (Å²) in [5, 5.41) is 10.3. The summed E-state index contributed by atoms with van der Waals surface area (Å²) < 4.78 is 5.06. The van der Waals surface area contributed by atoms with E-state index in [0.29, 0.717) is 17.3 Å². The molecule has 0 fully saturated rings. The highest BCUT2D eigenvalue weighted by Crippen LogP contribution is 2.22. The van der Waals surface area contributed by atoms with Crippen LogP contribution in [0.25, 0.3) is 11.3 Å². The second-order valence-corrected chi connectivity index (χ2v) is 4.74. The fourth-order valence-corrected chi connectivity index (χ4v) is 1.91. The van der Waals surface area contributed by atoms with Gasteiger partial charge in [-0.1, -0.05) is 28.9 Å². The Bertz CT molecular complexity index is 587. The van der Waals surface area contributed by atoms with Crippen LogP contribution in [0.3, 0.4) is 0 Å². The molecule has 21 heavy (non-hydrogen) atoms. The van der Waals surface area contributed by atoms with Crippen molar-refractivity contribution in [3.8, 4) is 11.3 Å². The van der Waals surface area contributed by atoms with Gasteiger partial charge >= 0.3 is 0 Å². The van der Waals surface area contributed by atoms with Gasteiger partial charge in [-0.05, 0) is 32.1 Å². The molecule has 7 heteroatoms. The van der Waals surface area contributed by atoms with Gasteiger partial charge in [0.05, 0.1) is 0 Å². The highest BCUT2D eigenvalue weighted by molar-refractivity contribution is 6.30. The molecule has 0 saturated heterocycles. The average molecular weight is 330 g/mol. The second-order valence-electron chi connectivity index (χ2n) is 4.30. The zero-order valence-electron chi connectivity index (χ0n) is 11.6. The van der Waals surface area contributed by atoms with Crippen LogP contribution in [0.2, 0.25) is 5.02 Å². The Kier molecular flexibility index (Phi) is 7.22. The highest BCUT2D eigenvalue weighted by atomic mass is 35.5. The van der Waals surface area contributed by atoms with E-state index in [2.05, 4.69) is 15.8 Å². The fraction of sp³-hybridized carbons (Fsp3) is 0.286. The van der Waals surface area contributed by atoms with Crippen LogP contribution in [-0.2, 0) is 0 Å². The van der Waals surface area contributed by atoms with Crippen molar-refractivity contribution in [1.29, 1.82) is 0 Å². The lowest BCUT2D eigenvalue weighted by Crippen LogP contribution is -2.26. The van der Waals surface area contributed by atoms with Gasteiger partial charge in [0, 0.05) is 23.2 Å². The van der Waals surface area contributed by atoms with Crippen LogP contribution in [-0.4, -0.2) is 31.2 Å². The number of carbonyl (C=O) groups excluding carboxylic acids is 1. The molecule has 0 bridgehead atoms. The molecule has 0 aliphatic heterocycles. The molecular weight excluding hydrogens is 313 g/mol. The first-order valence-electron chi connectivity index (χ1n) is 6.36. The molecule has 0 radical (unpaired) electrons. The van der Waals surface area contributed by atoms with Gasteiger partial charge in [0.25, 0.3) is 5.91 Å². The number of hydrogen-bond donors (Lipinski definition) is 2. The van der Waals surface area contributed by atoms with Gasteiger partial charge in [-0.3, -0.25) is 4.79 Å². The lowest BCUT2D eigenvalue weighted by Gasteiger charge is -2.01. The lowest BCUT2D eigenvalue weighted by atomic mass is 10.1. The van der Waals surface area contributed by atoms with Gasteiger partial charge in [-0.15, -0.1) is 12.4 Å². The molecule has 0 spiro atoms. The van der Waals surface area contributed by atoms with E-state index in [1.807, 2.05) is 19.2 Å². The van der Waals surface area contributed by atoms with E-state index in [-0.39, 0.29) is 24.1 Å². The standard InChI is InChI=1S/C14H16ClN3O2.ClH/c1-16-6-3-7-17-14(19)13-9-12(18-20-13)10-4-2-5-11(15)8-10;/h2,4-5,8-9,16H,3,6-7H2,1H3,(H,17,19);1H. The van der Waals surface area contributed by atoms with Crippen molar-refractivity contribution in [2.45, 2.75) is 6.42 Å². The minimum absolute atomic E-state index is 0. The summed E-state index contributed by atoms with van der Waals surface area (Å²) in [5.74, 6) is -0.0636. The maximum Gasteiger partial charge on any atom is 0.289 e. The second kappa shape index (κ2) is 8.67. The van der Waals surface area contributed by atoms with Crippen LogP contribution in [0.1, 0.15) is 17.0 Å². The lowest BCUT2D eigenvalue weighted by molar-refractivity contribution is 0.0916. The summed E-state index contributed by atoms with van der Waals surface area (Å²) in [6.07, 6.45) is 0.859. The van der Waals surface area contributed by atoms with Crippen LogP contribution in [0, 0.1) is 0 Å². The van der Waals surface area contributed by atoms with E-state index < -0.39 is 0 Å². The smallest absolute Gasteiger partial charge is 0.289 e. The first kappa shape index (κ1) is 17.5. The topological polar surface area (TPSA) is 67.2 Å². The minimum atomic E-state index is -0.262. The van der Waals surface area contributed by atoms with Crippen molar-refractivity contribution in [2.24, 2.45) is 0 Å². The normalized spacial score (nSPS) is 10.0. The minimum Gasteiger partial charge on any atom is -0.350 e. The van der Waals surface area contributed by atoms with E-state index in [1.165, 1.54) is 0 Å². The third-order valence-corrected chi connectivity index (χ3v) is 2.98. The van der Waals surface area contributed by atoms with Crippen LogP contribution in [0.4, 0.5) is 0 Å². The third-order valence-electron chi connectivity index (χ3n) is 2.74. The Morgan fingerprint density at radius 2 is 2.14 bits per heavy atom. The monoisotopic (exact) mass is 329 g/mol. The van der Waals surface area contributed by atoms with E-state index in [0.717, 1.165) is 18.5 Å². The predicted octanol–water partition coefficient (Wildman–Crippen LogP) is 2.76. The summed E-state index contributed by atoms with van der Waals surface area (Å²) in [5.41, 5.74) is 1.41. The molecule has 0 aliphatic carbocycles. The summed E-state index contributed by atoms with van der Waals surface area (Å²) in [7, 11) is 1.87. The van der Waals surface area contributed by atoms with E-state index in [4.69, 9.17) is 16.1 Å². The largest absolute Gasteiger partial charge is 0.350 e. The molecule has 5 nitrogen and oxygen atoms in total. The molecule has 0 unspecified atom stereocenters. The van der Waals surface area contributed by atoms with Crippen molar-refractivity contribution in [2.75, 3.05) is 20.1 Å². The molecule has 2 rings (SSSR count). The molecule has 114 valence electrons. The quantitative estimate of drug-likeness (QED) is 0.799. The average Bonchev–Trinajstić information content (AvgIpc) is 2.93. The SMILES string of the molecule is CNCCCNC(=O)c1cc(-c2cccc(Cl)c2)no1.Cl. The van der Waals surface area contributed by atoms with Crippen molar-refractivity contribution >= 4 is 29.9 Å². The molecule has 2 aromatic rings. The number of hydrogen-bond acceptors (Lipinski definition) is 4. The molecule has 1 aromatic carbocycles. The molecule has 1 amide bonds. The zero-order chi connectivity index (χ0) is 14.4. The van der Waals surface area contributed by atoms with Gasteiger partial charge < -0.3 is 15.2 Å². The van der Waals surface area contributed by atoms with E-state index in [1.54, 1.807) is 18.2 Å². The van der Waals surface area contributed by atoms with Crippen LogP contribution in [0.5, 0.6) is 0 Å². The zero-order valence-corrected chi connectivity index (χ0v) is 13.1. The Labute approximate surface area is 134 Å². The predicted molar refractivity (Wildman–Crippen MR) is 85.1 cm³/mol. The summed E-state index contributed by atoms with van der Waals surface area (Å²) in [6.45, 7) is 1.44. The summed E-state index contributed by atoms with van der Waals surface area (Å²) >= 11 is 5.92. The van der Waals surface area contributed by atoms with Gasteiger partial charge in [-0.2, -0.15) is 0 Å². The number of nitrogens with one attached hydrogen (secondary N) is 2. The molecule has 2 N–H and O–H groups in total. The van der Waals surface area contributed by atoms with Gasteiger partial charge in [0.2, 0.25) is 5.76 Å². The molecule has 0 saturated carbocycles. The molecule has 0 atom stereocenters. The maximum atomic E-state index is 11.8. The van der Waals surface area contributed by atoms with Crippen LogP contribution in [0.15, 0.2) is 34.9 Å². The number of rotatable bonds is 6. The van der Waals surface area contributed by atoms with Gasteiger partial charge in [0.1, 0.15) is 5.69 Å². The number of halogens is 2. The van der Waals surface area contributed by atoms with Crippen molar-refractivity contribution in [1.82, 2.24) is 15.8 Å². The summed E-state index contributed by atoms with van der Waals surface area (Å²) in [6, 6.07) is 8.84. The fourth-order valence-electron chi connectivity index (χ4n) is 1.72. The van der Waals surface area contributed by atoms with Crippen LogP contribution >= 0.6 is 24.0 Å². The Morgan fingerprint density at radius 3 is 2.86 bits per heavy atom. The number of aromatic nitrogens is 1. The van der Waals surface area contributed by atoms with Gasteiger partial charge in [-0.25, -0.2) is 0 Å². The first-order chi connectivity index (χ1) is 9.70. The van der Waals surface area contributed by atoms with Crippen molar-refractivity contribution < 1.29 is 9.32 Å². The van der Waals surface area contributed by atoms with Gasteiger partial charge in [0.15, 0.2) is 0 Å². The Hall–Kier alpha value is -1.56. The van der Waals surface area contributed by atoms with Crippen LogP contribution < -0.4 is 10.6 Å². The molecular formula is C14H17Cl2N3O2. The number of nitrogens with zero attached hydrogens (tertiary/aromatic N) is 1. The number of amides is 1. The van der Waals surface area contributed by atoms with Crippen molar-refractivity contribution in [3.63, 3.8) is 0 Å². The van der Waals surface area contributed by atoms with E-state index in [9.17, 15) is 4.79 Å². The molecule has 0 aliphatic rings. The number of carbonyl (C=O) groups is 1. The highest BCUT2D eigenvalue weighted by Gasteiger charge is 2.13. The Morgan fingerprint density at radius 1 is 1.33 bits per heavy atom. The maximum absolute atomic E-state index is 11.8.